The highest BCUT2D eigenvalue weighted by Crippen LogP contribution is 2.52. The van der Waals surface area contributed by atoms with Gasteiger partial charge in [-0.1, -0.05) is 187 Å². The van der Waals surface area contributed by atoms with Crippen LogP contribution < -0.4 is 14.7 Å². The van der Waals surface area contributed by atoms with E-state index in [2.05, 4.69) is 285 Å². The Balaban J connectivity index is 0.000000650. The average Bonchev–Trinajstić information content (AvgIpc) is 3.45. The number of hydrogen-bond donors (Lipinski definition) is 0. The molecule has 3 nitrogen and oxygen atoms in total. The van der Waals surface area contributed by atoms with E-state index in [9.17, 15) is 0 Å². The zero-order valence-electron chi connectivity index (χ0n) is 41.6. The van der Waals surface area contributed by atoms with Gasteiger partial charge in [0.25, 0.3) is 0 Å². The lowest BCUT2D eigenvalue weighted by atomic mass is 9.87. The van der Waals surface area contributed by atoms with Crippen LogP contribution in [0.2, 0.25) is 0 Å². The Kier molecular flexibility index (Phi) is 15.5. The summed E-state index contributed by atoms with van der Waals surface area (Å²) in [6.07, 6.45) is 25.6. The summed E-state index contributed by atoms with van der Waals surface area (Å²) in [5, 5.41) is 7.48. The zero-order chi connectivity index (χ0) is 49.7. The van der Waals surface area contributed by atoms with E-state index in [0.29, 0.717) is 0 Å². The number of nitrogens with zero attached hydrogens (tertiary/aromatic N) is 3. The molecule has 0 atom stereocenters. The summed E-state index contributed by atoms with van der Waals surface area (Å²) in [6.45, 7) is 6.35. The van der Waals surface area contributed by atoms with Gasteiger partial charge in [-0.15, -0.1) is 12.8 Å². The van der Waals surface area contributed by atoms with E-state index < -0.39 is 0 Å². The first-order valence-corrected chi connectivity index (χ1v) is 25.0. The Morgan fingerprint density at radius 3 is 1.24 bits per heavy atom. The fraction of sp³-hybridized carbons (Fsp3) is 0.101. The first-order valence-electron chi connectivity index (χ1n) is 25.0. The lowest BCUT2D eigenvalue weighted by molar-refractivity contribution is 0.970. The van der Waals surface area contributed by atoms with E-state index in [4.69, 9.17) is 0 Å². The summed E-state index contributed by atoms with van der Waals surface area (Å²) in [7, 11) is 0. The molecule has 0 heterocycles. The molecule has 3 heteroatoms. The van der Waals surface area contributed by atoms with Crippen LogP contribution in [0.3, 0.4) is 0 Å². The van der Waals surface area contributed by atoms with Crippen LogP contribution in [0.15, 0.2) is 266 Å². The van der Waals surface area contributed by atoms with Crippen molar-refractivity contribution in [3.05, 3.63) is 277 Å². The molecule has 0 saturated carbocycles. The molecule has 352 valence electrons. The largest absolute Gasteiger partial charge is 0.310 e. The highest BCUT2D eigenvalue weighted by Gasteiger charge is 2.27. The minimum atomic E-state index is 0.899. The van der Waals surface area contributed by atoms with Gasteiger partial charge in [0.1, 0.15) is 0 Å². The number of allylic oxidation sites excluding steroid dienone is 7. The van der Waals surface area contributed by atoms with E-state index >= 15 is 0 Å². The summed E-state index contributed by atoms with van der Waals surface area (Å²) >= 11 is 0. The normalized spacial score (nSPS) is 12.2. The number of terminal acetylenes is 1. The topological polar surface area (TPSA) is 9.72 Å². The fourth-order valence-electron chi connectivity index (χ4n) is 10.1. The molecule has 1 aliphatic rings. The quantitative estimate of drug-likeness (QED) is 0.0648. The third-order valence-corrected chi connectivity index (χ3v) is 13.3. The molecule has 11 rings (SSSR count). The maximum Gasteiger partial charge on any atom is 0.0561 e. The van der Waals surface area contributed by atoms with Crippen molar-refractivity contribution in [3.8, 4) is 12.8 Å². The van der Waals surface area contributed by atoms with Crippen LogP contribution in [-0.4, -0.2) is 0 Å². The van der Waals surface area contributed by atoms with Crippen LogP contribution in [0.5, 0.6) is 0 Å². The Bertz CT molecular complexity index is 3400. The molecule has 0 amide bonds. The summed E-state index contributed by atoms with van der Waals surface area (Å²) < 4.78 is 0. The van der Waals surface area contributed by atoms with E-state index in [-0.39, 0.29) is 0 Å². The Hall–Kier alpha value is -8.84. The van der Waals surface area contributed by atoms with Crippen molar-refractivity contribution < 1.29 is 0 Å². The van der Waals surface area contributed by atoms with Crippen molar-refractivity contribution in [2.75, 3.05) is 14.7 Å². The predicted molar refractivity (Wildman–Crippen MR) is 313 cm³/mol. The van der Waals surface area contributed by atoms with Gasteiger partial charge >= 0.3 is 0 Å². The molecular weight excluding hydrogens is 871 g/mol. The Morgan fingerprint density at radius 1 is 0.458 bits per heavy atom. The Labute approximate surface area is 427 Å². The van der Waals surface area contributed by atoms with Crippen LogP contribution in [0.4, 0.5) is 45.5 Å². The molecule has 0 unspecified atom stereocenters. The standard InChI is InChI=1S/C60H51N3.C7H8.C2H2/c1-3-23-44(4-2)36-37-45-42-56(61(46-24-11-5-12-25-46)47-26-13-6-14-27-47)53-40-41-55-58(63(50-32-19-9-20-33-50)51-34-21-10-22-35-51)43-57(54-39-38-52(45)59(53)60(54)55)62(48-28-15-7-16-29-48)49-30-17-8-18-31-49;1-7-5-3-2-4-6-7;1-2/h3-9,11-21,23-35,38-43H,10,22,36-37H2,1-2H3;2-6H,1H3;1-2H/b23-3-,44-4+;;. The second-order valence-electron chi connectivity index (χ2n) is 17.9. The molecule has 0 spiro atoms. The minimum Gasteiger partial charge on any atom is -0.310 e. The molecule has 0 aliphatic heterocycles. The third kappa shape index (κ3) is 10.2. The van der Waals surface area contributed by atoms with Crippen molar-refractivity contribution in [3.63, 3.8) is 0 Å². The molecule has 0 radical (unpaired) electrons. The first-order chi connectivity index (χ1) is 35.6. The number of anilines is 8. The minimum absolute atomic E-state index is 0.899. The van der Waals surface area contributed by atoms with Crippen LogP contribution in [0.1, 0.15) is 44.2 Å². The van der Waals surface area contributed by atoms with Gasteiger partial charge in [-0.3, -0.25) is 0 Å². The molecule has 10 aromatic rings. The van der Waals surface area contributed by atoms with Crippen LogP contribution in [0, 0.1) is 19.8 Å². The maximum absolute atomic E-state index is 4.00. The van der Waals surface area contributed by atoms with Crippen LogP contribution >= 0.6 is 0 Å². The predicted octanol–water partition coefficient (Wildman–Crippen LogP) is 19.6. The number of benzene rings is 10. The second kappa shape index (κ2) is 23.2. The monoisotopic (exact) mass is 931 g/mol. The zero-order valence-corrected chi connectivity index (χ0v) is 41.6. The molecular formula is C69H61N3. The molecule has 0 saturated heterocycles. The van der Waals surface area contributed by atoms with Gasteiger partial charge in [-0.05, 0) is 142 Å². The number of rotatable bonds is 13. The van der Waals surface area contributed by atoms with Crippen LogP contribution in [0.25, 0.3) is 32.3 Å². The van der Waals surface area contributed by atoms with E-state index in [1.54, 1.807) is 0 Å². The van der Waals surface area contributed by atoms with Crippen molar-refractivity contribution in [2.24, 2.45) is 0 Å². The lowest BCUT2D eigenvalue weighted by Crippen LogP contribution is -2.18. The van der Waals surface area contributed by atoms with Gasteiger partial charge in [0.15, 0.2) is 0 Å². The molecule has 10 aromatic carbocycles. The highest BCUT2D eigenvalue weighted by molar-refractivity contribution is 6.31. The van der Waals surface area contributed by atoms with E-state index in [0.717, 1.165) is 65.5 Å². The van der Waals surface area contributed by atoms with E-state index in [1.165, 1.54) is 60.4 Å². The van der Waals surface area contributed by atoms with Gasteiger partial charge in [-0.25, -0.2) is 0 Å². The van der Waals surface area contributed by atoms with Gasteiger partial charge in [0.2, 0.25) is 0 Å². The van der Waals surface area contributed by atoms with Gasteiger partial charge < -0.3 is 14.7 Å². The van der Waals surface area contributed by atoms with Gasteiger partial charge in [-0.2, -0.15) is 0 Å². The smallest absolute Gasteiger partial charge is 0.0561 e. The Morgan fingerprint density at radius 2 is 0.847 bits per heavy atom. The molecule has 72 heavy (non-hydrogen) atoms. The van der Waals surface area contributed by atoms with Gasteiger partial charge in [0, 0.05) is 55.7 Å². The van der Waals surface area contributed by atoms with Crippen molar-refractivity contribution >= 4 is 77.8 Å². The van der Waals surface area contributed by atoms with Crippen molar-refractivity contribution in [1.29, 1.82) is 0 Å². The van der Waals surface area contributed by atoms with Crippen molar-refractivity contribution in [2.45, 2.75) is 46.5 Å². The number of aryl methyl sites for hydroxylation is 2. The maximum atomic E-state index is 4.00. The number of para-hydroxylation sites is 5. The van der Waals surface area contributed by atoms with Crippen LogP contribution in [-0.2, 0) is 6.42 Å². The summed E-state index contributed by atoms with van der Waals surface area (Å²) in [4.78, 5) is 7.38. The van der Waals surface area contributed by atoms with Gasteiger partial charge in [0.05, 0.1) is 17.1 Å². The highest BCUT2D eigenvalue weighted by atomic mass is 15.2. The SMILES string of the molecule is C#C.C/C=C\C(=C/C)CCc1cc(N(c2ccccc2)c2ccccc2)c2ccc3c(N(C4=CCCC=C4)c4ccccc4)cc(N(c4ccccc4)c4ccccc4)c4ccc1c2c34.Cc1ccccc1. The molecule has 0 N–H and O–H groups in total. The second-order valence-corrected chi connectivity index (χ2v) is 17.9. The molecule has 1 aliphatic carbocycles. The first kappa shape index (κ1) is 48.2. The number of hydrogen-bond acceptors (Lipinski definition) is 3. The molecule has 0 fully saturated rings. The fourth-order valence-corrected chi connectivity index (χ4v) is 10.1. The summed E-state index contributed by atoms with van der Waals surface area (Å²) in [5.74, 6) is 0. The van der Waals surface area contributed by atoms with Crippen molar-refractivity contribution in [1.82, 2.24) is 0 Å². The average molecular weight is 932 g/mol. The summed E-state index contributed by atoms with van der Waals surface area (Å²) in [6, 6.07) is 79.0. The molecule has 0 aromatic heterocycles. The molecule has 0 bridgehead atoms. The summed E-state index contributed by atoms with van der Waals surface area (Å²) in [5.41, 5.74) is 14.2. The lowest BCUT2D eigenvalue weighted by Gasteiger charge is -2.34. The van der Waals surface area contributed by atoms with E-state index in [1.807, 2.05) is 18.2 Å². The third-order valence-electron chi connectivity index (χ3n) is 13.3.